The predicted octanol–water partition coefficient (Wildman–Crippen LogP) is 4.94. The minimum atomic E-state index is -0.543. The van der Waals surface area contributed by atoms with Gasteiger partial charge in [-0.1, -0.05) is 18.2 Å². The van der Waals surface area contributed by atoms with Crippen molar-refractivity contribution in [3.63, 3.8) is 0 Å². The molecular formula is C14H17Cl2NO2. The molecule has 5 heteroatoms. The van der Waals surface area contributed by atoms with Gasteiger partial charge < -0.3 is 4.74 Å². The lowest BCUT2D eigenvalue weighted by molar-refractivity contribution is 0.0636. The molecule has 0 atom stereocenters. The van der Waals surface area contributed by atoms with Crippen LogP contribution in [0.5, 0.6) is 0 Å². The number of hydrogen-bond donors (Lipinski definition) is 1. The van der Waals surface area contributed by atoms with Gasteiger partial charge in [0.25, 0.3) is 0 Å². The summed E-state index contributed by atoms with van der Waals surface area (Å²) in [5, 5.41) is 3.18. The van der Waals surface area contributed by atoms with E-state index in [2.05, 4.69) is 11.9 Å². The van der Waals surface area contributed by atoms with Gasteiger partial charge in [-0.15, -0.1) is 11.6 Å². The van der Waals surface area contributed by atoms with E-state index in [0.29, 0.717) is 21.8 Å². The van der Waals surface area contributed by atoms with E-state index in [9.17, 15) is 4.79 Å². The highest BCUT2D eigenvalue weighted by Gasteiger charge is 2.16. The number of ether oxygens (including phenoxy) is 1. The quantitative estimate of drug-likeness (QED) is 0.803. The van der Waals surface area contributed by atoms with E-state index in [-0.39, 0.29) is 5.88 Å². The zero-order chi connectivity index (χ0) is 14.6. The van der Waals surface area contributed by atoms with Gasteiger partial charge in [0.2, 0.25) is 0 Å². The Labute approximate surface area is 123 Å². The lowest BCUT2D eigenvalue weighted by Crippen LogP contribution is -2.27. The summed E-state index contributed by atoms with van der Waals surface area (Å²) in [6.07, 6.45) is -0.516. The minimum absolute atomic E-state index is 0.273. The van der Waals surface area contributed by atoms with Gasteiger partial charge in [-0.3, -0.25) is 5.32 Å². The summed E-state index contributed by atoms with van der Waals surface area (Å²) in [4.78, 5) is 11.6. The Morgan fingerprint density at radius 1 is 1.42 bits per heavy atom. The second-order valence-corrected chi connectivity index (χ2v) is 5.73. The number of carbonyl (C=O) groups excluding carboxylic acids is 1. The Hall–Kier alpha value is -1.19. The standard InChI is InChI=1S/C14H17Cl2NO2/c1-9(8-15)11-7-10(5-6-12(11)16)17-13(18)19-14(2,3)4/h5-7H,1,8H2,2-4H3,(H,17,18). The van der Waals surface area contributed by atoms with Gasteiger partial charge in [0, 0.05) is 16.6 Å². The fourth-order valence-corrected chi connectivity index (χ4v) is 1.76. The van der Waals surface area contributed by atoms with Crippen LogP contribution >= 0.6 is 23.2 Å². The molecule has 1 N–H and O–H groups in total. The third kappa shape index (κ3) is 5.13. The molecule has 0 bridgehead atoms. The highest BCUT2D eigenvalue weighted by atomic mass is 35.5. The minimum Gasteiger partial charge on any atom is -0.444 e. The van der Waals surface area contributed by atoms with E-state index in [1.54, 1.807) is 39.0 Å². The number of halogens is 2. The summed E-state index contributed by atoms with van der Waals surface area (Å²) >= 11 is 11.8. The molecule has 0 aliphatic carbocycles. The van der Waals surface area contributed by atoms with Gasteiger partial charge in [-0.2, -0.15) is 0 Å². The Balaban J connectivity index is 2.86. The van der Waals surface area contributed by atoms with Crippen LogP contribution in [0.15, 0.2) is 24.8 Å². The fraction of sp³-hybridized carbons (Fsp3) is 0.357. The van der Waals surface area contributed by atoms with Crippen molar-refractivity contribution >= 4 is 40.6 Å². The molecule has 0 unspecified atom stereocenters. The van der Waals surface area contributed by atoms with Crippen molar-refractivity contribution in [2.75, 3.05) is 11.2 Å². The van der Waals surface area contributed by atoms with Crippen molar-refractivity contribution in [3.8, 4) is 0 Å². The predicted molar refractivity (Wildman–Crippen MR) is 81.1 cm³/mol. The summed E-state index contributed by atoms with van der Waals surface area (Å²) in [7, 11) is 0. The SMILES string of the molecule is C=C(CCl)c1cc(NC(=O)OC(C)(C)C)ccc1Cl. The van der Waals surface area contributed by atoms with Crippen LogP contribution in [-0.4, -0.2) is 17.6 Å². The summed E-state index contributed by atoms with van der Waals surface area (Å²) in [5.74, 6) is 0.273. The van der Waals surface area contributed by atoms with Crippen molar-refractivity contribution in [2.24, 2.45) is 0 Å². The smallest absolute Gasteiger partial charge is 0.412 e. The molecule has 0 aliphatic heterocycles. The van der Waals surface area contributed by atoms with E-state index in [4.69, 9.17) is 27.9 Å². The first kappa shape index (κ1) is 15.9. The Bertz CT molecular complexity index is 493. The lowest BCUT2D eigenvalue weighted by Gasteiger charge is -2.20. The van der Waals surface area contributed by atoms with Crippen molar-refractivity contribution in [1.29, 1.82) is 0 Å². The topological polar surface area (TPSA) is 38.3 Å². The van der Waals surface area contributed by atoms with E-state index >= 15 is 0 Å². The molecule has 1 aromatic carbocycles. The molecule has 1 aromatic rings. The lowest BCUT2D eigenvalue weighted by atomic mass is 10.1. The molecule has 1 rings (SSSR count). The van der Waals surface area contributed by atoms with Crippen LogP contribution in [0.2, 0.25) is 5.02 Å². The Morgan fingerprint density at radius 3 is 2.58 bits per heavy atom. The third-order valence-electron chi connectivity index (χ3n) is 2.15. The second kappa shape index (κ2) is 6.31. The Kier molecular flexibility index (Phi) is 5.27. The van der Waals surface area contributed by atoms with Gasteiger partial charge in [0.15, 0.2) is 0 Å². The number of benzene rings is 1. The molecule has 0 aromatic heterocycles. The van der Waals surface area contributed by atoms with E-state index in [1.807, 2.05) is 0 Å². The van der Waals surface area contributed by atoms with Crippen LogP contribution in [0.4, 0.5) is 10.5 Å². The number of anilines is 1. The molecule has 0 spiro atoms. The van der Waals surface area contributed by atoms with E-state index in [0.717, 1.165) is 0 Å². The second-order valence-electron chi connectivity index (χ2n) is 5.06. The first-order chi connectivity index (χ1) is 8.73. The monoisotopic (exact) mass is 301 g/mol. The summed E-state index contributed by atoms with van der Waals surface area (Å²) in [6, 6.07) is 5.09. The number of alkyl halides is 1. The number of amides is 1. The molecule has 19 heavy (non-hydrogen) atoms. The maximum absolute atomic E-state index is 11.6. The first-order valence-corrected chi connectivity index (χ1v) is 6.68. The maximum atomic E-state index is 11.6. The number of rotatable bonds is 3. The van der Waals surface area contributed by atoms with Crippen LogP contribution in [0, 0.1) is 0 Å². The fourth-order valence-electron chi connectivity index (χ4n) is 1.37. The zero-order valence-electron chi connectivity index (χ0n) is 11.2. The number of nitrogens with one attached hydrogen (secondary N) is 1. The zero-order valence-corrected chi connectivity index (χ0v) is 12.7. The molecular weight excluding hydrogens is 285 g/mol. The summed E-state index contributed by atoms with van der Waals surface area (Å²) < 4.78 is 5.17. The van der Waals surface area contributed by atoms with Gasteiger partial charge >= 0.3 is 6.09 Å². The molecule has 0 fully saturated rings. The van der Waals surface area contributed by atoms with Crippen molar-refractivity contribution in [3.05, 3.63) is 35.4 Å². The van der Waals surface area contributed by atoms with Gasteiger partial charge in [0.05, 0.1) is 0 Å². The first-order valence-electron chi connectivity index (χ1n) is 5.76. The molecule has 1 amide bonds. The van der Waals surface area contributed by atoms with Crippen molar-refractivity contribution in [2.45, 2.75) is 26.4 Å². The van der Waals surface area contributed by atoms with Crippen LogP contribution in [0.3, 0.4) is 0 Å². The molecule has 104 valence electrons. The third-order valence-corrected chi connectivity index (χ3v) is 2.81. The largest absolute Gasteiger partial charge is 0.444 e. The maximum Gasteiger partial charge on any atom is 0.412 e. The highest BCUT2D eigenvalue weighted by molar-refractivity contribution is 6.33. The van der Waals surface area contributed by atoms with Crippen molar-refractivity contribution < 1.29 is 9.53 Å². The molecule has 0 saturated heterocycles. The van der Waals surface area contributed by atoms with Crippen molar-refractivity contribution in [1.82, 2.24) is 0 Å². The average Bonchev–Trinajstić information content (AvgIpc) is 2.28. The van der Waals surface area contributed by atoms with Crippen LogP contribution < -0.4 is 5.32 Å². The number of allylic oxidation sites excluding steroid dienone is 1. The molecule has 0 saturated carbocycles. The van der Waals surface area contributed by atoms with Crippen LogP contribution in [-0.2, 0) is 4.74 Å². The van der Waals surface area contributed by atoms with Crippen LogP contribution in [0.1, 0.15) is 26.3 Å². The highest BCUT2D eigenvalue weighted by Crippen LogP contribution is 2.27. The van der Waals surface area contributed by atoms with Gasteiger partial charge in [-0.05, 0) is 50.1 Å². The van der Waals surface area contributed by atoms with Gasteiger partial charge in [0.1, 0.15) is 5.60 Å². The summed E-state index contributed by atoms with van der Waals surface area (Å²) in [5.41, 5.74) is 1.45. The number of carbonyl (C=O) groups is 1. The molecule has 3 nitrogen and oxygen atoms in total. The normalized spacial score (nSPS) is 11.0. The van der Waals surface area contributed by atoms with E-state index in [1.165, 1.54) is 0 Å². The van der Waals surface area contributed by atoms with Gasteiger partial charge in [-0.25, -0.2) is 4.79 Å². The Morgan fingerprint density at radius 2 is 2.05 bits per heavy atom. The molecule has 0 heterocycles. The van der Waals surface area contributed by atoms with Crippen LogP contribution in [0.25, 0.3) is 5.57 Å². The van der Waals surface area contributed by atoms with E-state index < -0.39 is 11.7 Å². The molecule has 0 radical (unpaired) electrons. The summed E-state index contributed by atoms with van der Waals surface area (Å²) in [6.45, 7) is 9.23. The number of hydrogen-bond acceptors (Lipinski definition) is 2. The average molecular weight is 302 g/mol. The molecule has 0 aliphatic rings.